The van der Waals surface area contributed by atoms with E-state index in [-0.39, 0.29) is 18.1 Å². The summed E-state index contributed by atoms with van der Waals surface area (Å²) < 4.78 is 16.9. The number of hydrogen-bond acceptors (Lipinski definition) is 6. The summed E-state index contributed by atoms with van der Waals surface area (Å²) >= 11 is 0. The number of aliphatic hydroxyl groups is 1. The molecular weight excluding hydrogens is 340 g/mol. The van der Waals surface area contributed by atoms with Crippen molar-refractivity contribution in [1.29, 1.82) is 0 Å². The zero-order chi connectivity index (χ0) is 18.7. The molecule has 0 unspecified atom stereocenters. The van der Waals surface area contributed by atoms with Crippen LogP contribution in [0.5, 0.6) is 23.0 Å². The number of ether oxygens (including phenoxy) is 3. The van der Waals surface area contributed by atoms with Crippen LogP contribution in [-0.4, -0.2) is 41.1 Å². The van der Waals surface area contributed by atoms with Gasteiger partial charge in [-0.1, -0.05) is 12.1 Å². The van der Waals surface area contributed by atoms with Crippen LogP contribution in [-0.2, 0) is 4.79 Å². The maximum Gasteiger partial charge on any atom is 0.328 e. The fraction of sp³-hybridized carbons (Fsp3) is 0.211. The van der Waals surface area contributed by atoms with Crippen molar-refractivity contribution in [3.63, 3.8) is 0 Å². The lowest BCUT2D eigenvalue weighted by Gasteiger charge is -2.33. The predicted molar refractivity (Wildman–Crippen MR) is 92.6 cm³/mol. The van der Waals surface area contributed by atoms with Gasteiger partial charge in [0.05, 0.1) is 13.7 Å². The zero-order valence-corrected chi connectivity index (χ0v) is 14.0. The first-order valence-corrected chi connectivity index (χ1v) is 7.88. The van der Waals surface area contributed by atoms with E-state index >= 15 is 0 Å². The van der Waals surface area contributed by atoms with E-state index in [1.165, 1.54) is 19.3 Å². The lowest BCUT2D eigenvalue weighted by molar-refractivity contribution is -0.131. The van der Waals surface area contributed by atoms with Crippen molar-refractivity contribution in [1.82, 2.24) is 0 Å². The first-order chi connectivity index (χ1) is 12.5. The van der Waals surface area contributed by atoms with Crippen molar-refractivity contribution in [3.8, 4) is 23.0 Å². The average molecular weight is 358 g/mol. The van der Waals surface area contributed by atoms with Crippen LogP contribution >= 0.6 is 0 Å². The van der Waals surface area contributed by atoms with E-state index in [0.717, 1.165) is 6.08 Å². The molecule has 0 aliphatic carbocycles. The molecule has 3 N–H and O–H groups in total. The van der Waals surface area contributed by atoms with Gasteiger partial charge in [-0.25, -0.2) is 4.79 Å². The number of phenolic OH excluding ortho intramolecular Hbond substituents is 1. The molecule has 0 fully saturated rings. The maximum absolute atomic E-state index is 10.7. The third-order valence-electron chi connectivity index (χ3n) is 3.97. The second kappa shape index (κ2) is 7.37. The smallest absolute Gasteiger partial charge is 0.328 e. The summed E-state index contributed by atoms with van der Waals surface area (Å²) in [5.41, 5.74) is 1.30. The Hall–Kier alpha value is -3.19. The molecule has 2 aromatic rings. The Kier molecular flexibility index (Phi) is 4.99. The lowest BCUT2D eigenvalue weighted by atomic mass is 10.0. The van der Waals surface area contributed by atoms with Gasteiger partial charge in [-0.15, -0.1) is 0 Å². The number of phenols is 1. The molecule has 0 radical (unpaired) electrons. The first-order valence-electron chi connectivity index (χ1n) is 7.88. The van der Waals surface area contributed by atoms with Gasteiger partial charge in [-0.2, -0.15) is 0 Å². The van der Waals surface area contributed by atoms with Gasteiger partial charge in [0.1, 0.15) is 0 Å². The number of hydrogen-bond donors (Lipinski definition) is 3. The van der Waals surface area contributed by atoms with E-state index in [1.807, 2.05) is 0 Å². The molecule has 0 bridgehead atoms. The van der Waals surface area contributed by atoms with Crippen LogP contribution in [0.2, 0.25) is 0 Å². The summed E-state index contributed by atoms with van der Waals surface area (Å²) in [6.07, 6.45) is 1.21. The lowest BCUT2D eigenvalue weighted by Crippen LogP contribution is -2.36. The van der Waals surface area contributed by atoms with Crippen molar-refractivity contribution in [2.75, 3.05) is 13.7 Å². The zero-order valence-electron chi connectivity index (χ0n) is 14.0. The van der Waals surface area contributed by atoms with Crippen LogP contribution in [0.1, 0.15) is 17.2 Å². The second-order valence-corrected chi connectivity index (χ2v) is 5.69. The number of carbonyl (C=O) groups is 1. The van der Waals surface area contributed by atoms with E-state index in [4.69, 9.17) is 19.3 Å². The van der Waals surface area contributed by atoms with Gasteiger partial charge in [-0.05, 0) is 35.9 Å². The molecule has 0 aromatic heterocycles. The fourth-order valence-corrected chi connectivity index (χ4v) is 2.71. The van der Waals surface area contributed by atoms with Gasteiger partial charge in [0.15, 0.2) is 35.2 Å². The third-order valence-corrected chi connectivity index (χ3v) is 3.97. The van der Waals surface area contributed by atoms with E-state index in [9.17, 15) is 15.0 Å². The minimum absolute atomic E-state index is 0.00461. The fourth-order valence-electron chi connectivity index (χ4n) is 2.71. The molecule has 26 heavy (non-hydrogen) atoms. The average Bonchev–Trinajstić information content (AvgIpc) is 2.65. The Morgan fingerprint density at radius 3 is 2.69 bits per heavy atom. The molecule has 0 saturated heterocycles. The molecule has 1 aliphatic rings. The number of aliphatic hydroxyl groups excluding tert-OH is 1. The number of carboxylic acid groups (broad SMARTS) is 1. The summed E-state index contributed by atoms with van der Waals surface area (Å²) in [5, 5.41) is 28.2. The normalized spacial score (nSPS) is 18.7. The van der Waals surface area contributed by atoms with Gasteiger partial charge in [0, 0.05) is 11.6 Å². The van der Waals surface area contributed by atoms with Crippen LogP contribution in [0.25, 0.3) is 6.08 Å². The van der Waals surface area contributed by atoms with Crippen molar-refractivity contribution < 1.29 is 34.3 Å². The summed E-state index contributed by atoms with van der Waals surface area (Å²) in [7, 11) is 1.44. The molecule has 0 spiro atoms. The quantitative estimate of drug-likeness (QED) is 0.705. The Balaban J connectivity index is 1.94. The molecule has 2 atom stereocenters. The molecule has 7 nitrogen and oxygen atoms in total. The highest BCUT2D eigenvalue weighted by Crippen LogP contribution is 2.41. The topological polar surface area (TPSA) is 105 Å². The van der Waals surface area contributed by atoms with Crippen molar-refractivity contribution in [3.05, 3.63) is 53.6 Å². The van der Waals surface area contributed by atoms with Gasteiger partial charge < -0.3 is 29.5 Å². The standard InChI is InChI=1S/C19H18O7/c1-24-15-9-12(4-5-13(15)21)19-17(10-20)25-14-6-2-11(3-7-18(22)23)8-16(14)26-19/h2-9,17,19-21H,10H2,1H3,(H,22,23)/b7-3+/t17-,19-/m0/s1. The second-order valence-electron chi connectivity index (χ2n) is 5.69. The molecule has 0 saturated carbocycles. The highest BCUT2D eigenvalue weighted by atomic mass is 16.6. The highest BCUT2D eigenvalue weighted by Gasteiger charge is 2.33. The van der Waals surface area contributed by atoms with Crippen LogP contribution < -0.4 is 14.2 Å². The largest absolute Gasteiger partial charge is 0.504 e. The van der Waals surface area contributed by atoms with Crippen LogP contribution in [0.15, 0.2) is 42.5 Å². The minimum atomic E-state index is -1.05. The number of rotatable bonds is 5. The van der Waals surface area contributed by atoms with Crippen LogP contribution in [0.4, 0.5) is 0 Å². The van der Waals surface area contributed by atoms with Crippen LogP contribution in [0, 0.1) is 0 Å². The van der Waals surface area contributed by atoms with Crippen molar-refractivity contribution in [2.45, 2.75) is 12.2 Å². The van der Waals surface area contributed by atoms with Crippen LogP contribution in [0.3, 0.4) is 0 Å². The van der Waals surface area contributed by atoms with E-state index in [1.54, 1.807) is 30.3 Å². The monoisotopic (exact) mass is 358 g/mol. The molecule has 1 aliphatic heterocycles. The minimum Gasteiger partial charge on any atom is -0.504 e. The molecule has 0 amide bonds. The van der Waals surface area contributed by atoms with Gasteiger partial charge >= 0.3 is 5.97 Å². The SMILES string of the molecule is COc1cc([C@@H]2Oc3cc(/C=C/C(=O)O)ccc3O[C@H]2CO)ccc1O. The molecule has 136 valence electrons. The summed E-state index contributed by atoms with van der Waals surface area (Å²) in [6, 6.07) is 9.77. The predicted octanol–water partition coefficient (Wildman–Crippen LogP) is 2.37. The number of methoxy groups -OCH3 is 1. The van der Waals surface area contributed by atoms with Crippen molar-refractivity contribution >= 4 is 12.0 Å². The number of benzene rings is 2. The number of fused-ring (bicyclic) bond motifs is 1. The number of aliphatic carboxylic acids is 1. The maximum atomic E-state index is 10.7. The third kappa shape index (κ3) is 3.57. The van der Waals surface area contributed by atoms with E-state index in [0.29, 0.717) is 22.6 Å². The molecular formula is C19H18O7. The first kappa shape index (κ1) is 17.6. The molecule has 1 heterocycles. The van der Waals surface area contributed by atoms with E-state index < -0.39 is 18.2 Å². The summed E-state index contributed by atoms with van der Waals surface area (Å²) in [6.45, 7) is -0.270. The Labute approximate surface area is 149 Å². The van der Waals surface area contributed by atoms with Crippen molar-refractivity contribution in [2.24, 2.45) is 0 Å². The summed E-state index contributed by atoms with van der Waals surface area (Å²) in [4.78, 5) is 10.7. The highest BCUT2D eigenvalue weighted by molar-refractivity contribution is 5.85. The van der Waals surface area contributed by atoms with Gasteiger partial charge in [0.25, 0.3) is 0 Å². The molecule has 7 heteroatoms. The Morgan fingerprint density at radius 2 is 2.00 bits per heavy atom. The number of carboxylic acids is 1. The Bertz CT molecular complexity index is 844. The van der Waals surface area contributed by atoms with Gasteiger partial charge in [0.2, 0.25) is 0 Å². The Morgan fingerprint density at radius 1 is 1.19 bits per heavy atom. The number of aromatic hydroxyl groups is 1. The van der Waals surface area contributed by atoms with E-state index in [2.05, 4.69) is 0 Å². The summed E-state index contributed by atoms with van der Waals surface area (Å²) in [5.74, 6) is 0.119. The molecule has 3 rings (SSSR count). The molecule has 2 aromatic carbocycles. The van der Waals surface area contributed by atoms with Gasteiger partial charge in [-0.3, -0.25) is 0 Å².